The lowest BCUT2D eigenvalue weighted by molar-refractivity contribution is 0.230. The Hall–Kier alpha value is -1.81. The molecule has 2 N–H and O–H groups in total. The summed E-state index contributed by atoms with van der Waals surface area (Å²) in [6.07, 6.45) is 0.649. The summed E-state index contributed by atoms with van der Waals surface area (Å²) in [4.78, 5) is 4.43. The topological polar surface area (TPSA) is 47.6 Å². The van der Waals surface area contributed by atoms with Crippen LogP contribution in [0.15, 0.2) is 58.0 Å². The molecule has 0 heterocycles. The van der Waals surface area contributed by atoms with E-state index in [1.165, 1.54) is 11.1 Å². The molecule has 3 nitrogen and oxygen atoms in total. The van der Waals surface area contributed by atoms with E-state index in [9.17, 15) is 0 Å². The van der Waals surface area contributed by atoms with Crippen LogP contribution in [0.5, 0.6) is 5.75 Å². The Kier molecular flexibility index (Phi) is 6.01. The van der Waals surface area contributed by atoms with Gasteiger partial charge in [-0.25, -0.2) is 0 Å². The molecule has 0 fully saturated rings. The number of rotatable bonds is 6. The van der Waals surface area contributed by atoms with Gasteiger partial charge >= 0.3 is 0 Å². The second-order valence-corrected chi connectivity index (χ2v) is 6.30. The molecule has 1 unspecified atom stereocenters. The number of ether oxygens (including phenoxy) is 1. The highest BCUT2D eigenvalue weighted by atomic mass is 79.9. The smallest absolute Gasteiger partial charge is 0.120 e. The van der Waals surface area contributed by atoms with E-state index in [1.54, 1.807) is 0 Å². The Morgan fingerprint density at radius 3 is 2.73 bits per heavy atom. The fourth-order valence-corrected chi connectivity index (χ4v) is 2.52. The molecule has 2 aromatic carbocycles. The van der Waals surface area contributed by atoms with Gasteiger partial charge in [0.2, 0.25) is 0 Å². The lowest BCUT2D eigenvalue weighted by Gasteiger charge is -2.13. The van der Waals surface area contributed by atoms with Crippen LogP contribution in [-0.4, -0.2) is 18.5 Å². The van der Waals surface area contributed by atoms with Crippen LogP contribution in [0.25, 0.3) is 0 Å². The molecule has 2 rings (SSSR count). The first-order valence-corrected chi connectivity index (χ1v) is 8.09. The maximum Gasteiger partial charge on any atom is 0.120 e. The number of benzene rings is 2. The monoisotopic (exact) mass is 360 g/mol. The molecule has 0 radical (unpaired) electrons. The molecule has 0 aliphatic heterocycles. The van der Waals surface area contributed by atoms with Crippen molar-refractivity contribution in [3.63, 3.8) is 0 Å². The number of amidine groups is 1. The Balaban J connectivity index is 1.87. The average molecular weight is 361 g/mol. The van der Waals surface area contributed by atoms with Gasteiger partial charge in [0, 0.05) is 10.9 Å². The number of aryl methyl sites for hydroxylation is 1. The van der Waals surface area contributed by atoms with Gasteiger partial charge in [-0.15, -0.1) is 0 Å². The summed E-state index contributed by atoms with van der Waals surface area (Å²) < 4.78 is 6.82. The van der Waals surface area contributed by atoms with Gasteiger partial charge in [-0.2, -0.15) is 0 Å². The maximum atomic E-state index is 6.01. The van der Waals surface area contributed by atoms with Crippen LogP contribution in [0.1, 0.15) is 18.1 Å². The van der Waals surface area contributed by atoms with E-state index in [4.69, 9.17) is 10.5 Å². The molecule has 0 bridgehead atoms. The van der Waals surface area contributed by atoms with Crippen LogP contribution in [0.4, 0.5) is 0 Å². The van der Waals surface area contributed by atoms with Gasteiger partial charge in [0.05, 0.1) is 12.4 Å². The highest BCUT2D eigenvalue weighted by molar-refractivity contribution is 9.10. The summed E-state index contributed by atoms with van der Waals surface area (Å²) in [5, 5.41) is 0. The number of hydrogen-bond acceptors (Lipinski definition) is 2. The number of nitrogens with zero attached hydrogens (tertiary/aromatic N) is 1. The minimum Gasteiger partial charge on any atom is -0.489 e. The first-order chi connectivity index (χ1) is 10.5. The standard InChI is InChI=1S/C18H21BrN2O/c1-13-5-3-6-15(9-13)10-18(20)21-12-14(2)22-17-8-4-7-16(19)11-17/h3-9,11,14H,10,12H2,1-2H3,(H2,20,21). The minimum absolute atomic E-state index is 0.0228. The summed E-state index contributed by atoms with van der Waals surface area (Å²) in [5.41, 5.74) is 8.42. The third-order valence-corrected chi connectivity index (χ3v) is 3.65. The molecule has 116 valence electrons. The van der Waals surface area contributed by atoms with Crippen molar-refractivity contribution in [2.24, 2.45) is 10.7 Å². The van der Waals surface area contributed by atoms with E-state index >= 15 is 0 Å². The van der Waals surface area contributed by atoms with Crippen LogP contribution in [0.3, 0.4) is 0 Å². The molecule has 0 aromatic heterocycles. The normalized spacial score (nSPS) is 13.0. The van der Waals surface area contributed by atoms with E-state index in [0.717, 1.165) is 10.2 Å². The second kappa shape index (κ2) is 7.99. The van der Waals surface area contributed by atoms with Crippen molar-refractivity contribution in [2.75, 3.05) is 6.54 Å². The molecule has 0 aliphatic rings. The summed E-state index contributed by atoms with van der Waals surface area (Å²) in [6.45, 7) is 4.61. The van der Waals surface area contributed by atoms with Crippen molar-refractivity contribution >= 4 is 21.8 Å². The van der Waals surface area contributed by atoms with Crippen LogP contribution < -0.4 is 10.5 Å². The quantitative estimate of drug-likeness (QED) is 0.621. The lowest BCUT2D eigenvalue weighted by Crippen LogP contribution is -2.21. The van der Waals surface area contributed by atoms with E-state index in [-0.39, 0.29) is 6.10 Å². The van der Waals surface area contributed by atoms with Crippen LogP contribution in [-0.2, 0) is 6.42 Å². The first-order valence-electron chi connectivity index (χ1n) is 7.29. The molecule has 1 atom stereocenters. The molecule has 0 saturated heterocycles. The molecular weight excluding hydrogens is 340 g/mol. The van der Waals surface area contributed by atoms with Crippen molar-refractivity contribution in [1.29, 1.82) is 0 Å². The number of aliphatic imine (C=N–C) groups is 1. The van der Waals surface area contributed by atoms with Crippen molar-refractivity contribution in [1.82, 2.24) is 0 Å². The second-order valence-electron chi connectivity index (χ2n) is 5.38. The number of hydrogen-bond donors (Lipinski definition) is 1. The van der Waals surface area contributed by atoms with Crippen LogP contribution in [0.2, 0.25) is 0 Å². The molecule has 22 heavy (non-hydrogen) atoms. The Morgan fingerprint density at radius 1 is 1.23 bits per heavy atom. The van der Waals surface area contributed by atoms with Crippen molar-refractivity contribution in [3.05, 3.63) is 64.1 Å². The van der Waals surface area contributed by atoms with Gasteiger partial charge in [-0.1, -0.05) is 51.8 Å². The van der Waals surface area contributed by atoms with Crippen molar-refractivity contribution < 1.29 is 4.74 Å². The molecule has 2 aromatic rings. The molecule has 4 heteroatoms. The molecule has 0 saturated carbocycles. The molecule has 0 spiro atoms. The molecule has 0 aliphatic carbocycles. The van der Waals surface area contributed by atoms with E-state index < -0.39 is 0 Å². The van der Waals surface area contributed by atoms with Gasteiger partial charge in [0.1, 0.15) is 11.9 Å². The average Bonchev–Trinajstić information content (AvgIpc) is 2.45. The SMILES string of the molecule is Cc1cccc(CC(N)=NCC(C)Oc2cccc(Br)c2)c1. The molecular formula is C18H21BrN2O. The predicted octanol–water partition coefficient (Wildman–Crippen LogP) is 4.12. The van der Waals surface area contributed by atoms with Crippen LogP contribution >= 0.6 is 15.9 Å². The first kappa shape index (κ1) is 16.6. The predicted molar refractivity (Wildman–Crippen MR) is 95.6 cm³/mol. The van der Waals surface area contributed by atoms with Gasteiger partial charge in [-0.05, 0) is 37.6 Å². The van der Waals surface area contributed by atoms with Crippen molar-refractivity contribution in [3.8, 4) is 5.75 Å². The van der Waals surface area contributed by atoms with E-state index in [2.05, 4.69) is 46.0 Å². The Bertz CT molecular complexity index is 655. The van der Waals surface area contributed by atoms with Gasteiger partial charge < -0.3 is 10.5 Å². The van der Waals surface area contributed by atoms with Gasteiger partial charge in [0.25, 0.3) is 0 Å². The zero-order valence-electron chi connectivity index (χ0n) is 12.9. The zero-order valence-corrected chi connectivity index (χ0v) is 14.5. The summed E-state index contributed by atoms with van der Waals surface area (Å²) in [6, 6.07) is 16.1. The minimum atomic E-state index is -0.0228. The zero-order chi connectivity index (χ0) is 15.9. The summed E-state index contributed by atoms with van der Waals surface area (Å²) in [5.74, 6) is 1.46. The largest absolute Gasteiger partial charge is 0.489 e. The summed E-state index contributed by atoms with van der Waals surface area (Å²) >= 11 is 3.43. The highest BCUT2D eigenvalue weighted by Gasteiger charge is 2.04. The third kappa shape index (κ3) is 5.53. The Labute approximate surface area is 140 Å². The number of halogens is 1. The van der Waals surface area contributed by atoms with E-state index in [1.807, 2.05) is 37.3 Å². The highest BCUT2D eigenvalue weighted by Crippen LogP contribution is 2.18. The van der Waals surface area contributed by atoms with Crippen molar-refractivity contribution in [2.45, 2.75) is 26.4 Å². The Morgan fingerprint density at radius 2 is 2.00 bits per heavy atom. The molecule has 0 amide bonds. The third-order valence-electron chi connectivity index (χ3n) is 3.15. The fraction of sp³-hybridized carbons (Fsp3) is 0.278. The lowest BCUT2D eigenvalue weighted by atomic mass is 10.1. The number of nitrogens with two attached hydrogens (primary N) is 1. The van der Waals surface area contributed by atoms with Gasteiger partial charge in [-0.3, -0.25) is 4.99 Å². The fourth-order valence-electron chi connectivity index (χ4n) is 2.14. The van der Waals surface area contributed by atoms with Crippen LogP contribution in [0, 0.1) is 6.92 Å². The summed E-state index contributed by atoms with van der Waals surface area (Å²) in [7, 11) is 0. The van der Waals surface area contributed by atoms with Gasteiger partial charge in [0.15, 0.2) is 0 Å². The maximum absolute atomic E-state index is 6.01. The van der Waals surface area contributed by atoms with E-state index in [0.29, 0.717) is 18.8 Å².